The first kappa shape index (κ1) is 14.7. The van der Waals surface area contributed by atoms with Gasteiger partial charge in [-0.15, -0.1) is 0 Å². The van der Waals surface area contributed by atoms with Crippen LogP contribution < -0.4 is 4.90 Å². The second kappa shape index (κ2) is 5.47. The number of anilines is 1. The zero-order valence-electron chi connectivity index (χ0n) is 13.5. The topological polar surface area (TPSA) is 20.3 Å². The van der Waals surface area contributed by atoms with Crippen molar-refractivity contribution in [3.05, 3.63) is 101 Å². The molecule has 25 heavy (non-hydrogen) atoms. The lowest BCUT2D eigenvalue weighted by molar-refractivity contribution is -0.113. The van der Waals surface area contributed by atoms with Crippen LogP contribution in [0, 0.1) is 17.8 Å². The van der Waals surface area contributed by atoms with Gasteiger partial charge in [-0.2, -0.15) is 0 Å². The summed E-state index contributed by atoms with van der Waals surface area (Å²) in [5.74, 6) is 0.788. The Morgan fingerprint density at radius 1 is 0.960 bits per heavy atom. The van der Waals surface area contributed by atoms with Gasteiger partial charge in [0.15, 0.2) is 0 Å². The molecule has 5 aliphatic rings. The first-order valence-corrected chi connectivity index (χ1v) is 8.87. The highest BCUT2D eigenvalue weighted by Crippen LogP contribution is 2.48. The standard InChI is InChI=1S/C22H16ClNO/c23-15-7-9-16(10-8-15)24-21-12-14-6-11-19(20(21)13-22(24)25)18-5-3-1-2-4-17(14)18/h1-14,17,19H/t14-,17+,19-/m1/s1. The number of benzene rings is 1. The third-order valence-electron chi connectivity index (χ3n) is 5.32. The summed E-state index contributed by atoms with van der Waals surface area (Å²) in [4.78, 5) is 14.6. The van der Waals surface area contributed by atoms with Crippen LogP contribution >= 0.6 is 11.6 Å². The molecule has 0 radical (unpaired) electrons. The maximum absolute atomic E-state index is 12.7. The van der Waals surface area contributed by atoms with Gasteiger partial charge in [-0.1, -0.05) is 65.8 Å². The van der Waals surface area contributed by atoms with E-state index in [9.17, 15) is 4.79 Å². The molecule has 0 saturated heterocycles. The van der Waals surface area contributed by atoms with Crippen molar-refractivity contribution >= 4 is 23.2 Å². The van der Waals surface area contributed by atoms with Crippen molar-refractivity contribution in [1.29, 1.82) is 0 Å². The molecule has 2 bridgehead atoms. The van der Waals surface area contributed by atoms with Crippen LogP contribution in [-0.4, -0.2) is 5.91 Å². The van der Waals surface area contributed by atoms with Crippen molar-refractivity contribution in [2.75, 3.05) is 4.90 Å². The van der Waals surface area contributed by atoms with Gasteiger partial charge in [-0.3, -0.25) is 9.69 Å². The molecule has 1 aromatic rings. The summed E-state index contributed by atoms with van der Waals surface area (Å²) in [6.45, 7) is 0. The van der Waals surface area contributed by atoms with Gasteiger partial charge in [0.1, 0.15) is 0 Å². The molecule has 6 rings (SSSR count). The Kier molecular flexibility index (Phi) is 3.22. The molecule has 0 spiro atoms. The number of halogens is 1. The van der Waals surface area contributed by atoms with Crippen molar-refractivity contribution in [3.63, 3.8) is 0 Å². The average molecular weight is 346 g/mol. The molecule has 1 aliphatic heterocycles. The van der Waals surface area contributed by atoms with Crippen molar-refractivity contribution in [1.82, 2.24) is 0 Å². The summed E-state index contributed by atoms with van der Waals surface area (Å²) in [6.07, 6.45) is 19.3. The third-order valence-corrected chi connectivity index (χ3v) is 5.57. The van der Waals surface area contributed by atoms with E-state index in [0.29, 0.717) is 10.9 Å². The molecule has 0 unspecified atom stereocenters. The number of nitrogens with zero attached hydrogens (tertiary/aromatic N) is 1. The third kappa shape index (κ3) is 2.21. The van der Waals surface area contributed by atoms with Crippen molar-refractivity contribution < 1.29 is 4.79 Å². The maximum atomic E-state index is 12.7. The highest BCUT2D eigenvalue weighted by molar-refractivity contribution is 6.30. The summed E-state index contributed by atoms with van der Waals surface area (Å²) in [5, 5.41) is 0.671. The van der Waals surface area contributed by atoms with E-state index in [2.05, 4.69) is 48.6 Å². The Balaban J connectivity index is 1.64. The highest BCUT2D eigenvalue weighted by Gasteiger charge is 2.41. The summed E-state index contributed by atoms with van der Waals surface area (Å²) >= 11 is 6.01. The Bertz CT molecular complexity index is 943. The minimum atomic E-state index is 0.0152. The normalized spacial score (nSPS) is 28.8. The molecule has 4 aliphatic carbocycles. The van der Waals surface area contributed by atoms with Gasteiger partial charge in [-0.05, 0) is 29.8 Å². The van der Waals surface area contributed by atoms with Gasteiger partial charge in [0.25, 0.3) is 5.91 Å². The number of carbonyl (C=O) groups is 1. The molecule has 3 heteroatoms. The minimum absolute atomic E-state index is 0.0152. The van der Waals surface area contributed by atoms with Crippen LogP contribution in [0.25, 0.3) is 0 Å². The van der Waals surface area contributed by atoms with Crippen LogP contribution in [0.1, 0.15) is 0 Å². The van der Waals surface area contributed by atoms with E-state index in [4.69, 9.17) is 11.6 Å². The molecule has 0 fully saturated rings. The lowest BCUT2D eigenvalue weighted by atomic mass is 9.75. The van der Waals surface area contributed by atoms with E-state index < -0.39 is 0 Å². The van der Waals surface area contributed by atoms with Crippen LogP contribution in [0.3, 0.4) is 0 Å². The lowest BCUT2D eigenvalue weighted by Gasteiger charge is -2.28. The van der Waals surface area contributed by atoms with Crippen molar-refractivity contribution in [2.24, 2.45) is 17.8 Å². The van der Waals surface area contributed by atoms with Gasteiger partial charge in [0, 0.05) is 34.5 Å². The first-order valence-electron chi connectivity index (χ1n) is 8.49. The van der Waals surface area contributed by atoms with E-state index in [1.165, 1.54) is 5.57 Å². The van der Waals surface area contributed by atoms with E-state index in [1.54, 1.807) is 6.08 Å². The number of carbonyl (C=O) groups excluding carboxylic acids is 1. The van der Waals surface area contributed by atoms with Crippen molar-refractivity contribution in [2.45, 2.75) is 0 Å². The molecular weight excluding hydrogens is 330 g/mol. The zero-order chi connectivity index (χ0) is 17.0. The molecular formula is C22H16ClNO. The fraction of sp³-hybridized carbons (Fsp3) is 0.136. The van der Waals surface area contributed by atoms with Crippen LogP contribution in [0.15, 0.2) is 95.8 Å². The molecule has 3 atom stereocenters. The first-order chi connectivity index (χ1) is 12.2. The lowest BCUT2D eigenvalue weighted by Crippen LogP contribution is -2.24. The van der Waals surface area contributed by atoms with Gasteiger partial charge in [0.2, 0.25) is 0 Å². The molecule has 122 valence electrons. The smallest absolute Gasteiger partial charge is 0.255 e. The van der Waals surface area contributed by atoms with Crippen LogP contribution in [0.2, 0.25) is 5.02 Å². The monoisotopic (exact) mass is 345 g/mol. The average Bonchev–Trinajstić information content (AvgIpc) is 2.82. The Morgan fingerprint density at radius 2 is 1.80 bits per heavy atom. The molecule has 1 heterocycles. The van der Waals surface area contributed by atoms with Crippen LogP contribution in [0.4, 0.5) is 5.69 Å². The van der Waals surface area contributed by atoms with E-state index >= 15 is 0 Å². The summed E-state index contributed by atoms with van der Waals surface area (Å²) in [7, 11) is 0. The summed E-state index contributed by atoms with van der Waals surface area (Å²) < 4.78 is 0. The van der Waals surface area contributed by atoms with Gasteiger partial charge in [-0.25, -0.2) is 0 Å². The quantitative estimate of drug-likeness (QED) is 0.657. The molecule has 1 amide bonds. The Labute approximate surface area is 151 Å². The second-order valence-electron chi connectivity index (χ2n) is 6.70. The molecule has 2 nitrogen and oxygen atoms in total. The predicted octanol–water partition coefficient (Wildman–Crippen LogP) is 4.98. The second-order valence-corrected chi connectivity index (χ2v) is 7.14. The molecule has 1 aromatic carbocycles. The maximum Gasteiger partial charge on any atom is 0.255 e. The Hall–Kier alpha value is -2.58. The summed E-state index contributed by atoms with van der Waals surface area (Å²) in [5.41, 5.74) is 4.33. The number of rotatable bonds is 1. The highest BCUT2D eigenvalue weighted by atomic mass is 35.5. The van der Waals surface area contributed by atoms with Gasteiger partial charge in [0.05, 0.1) is 5.70 Å². The van der Waals surface area contributed by atoms with Crippen molar-refractivity contribution in [3.8, 4) is 0 Å². The molecule has 0 aromatic heterocycles. The minimum Gasteiger partial charge on any atom is -0.278 e. The summed E-state index contributed by atoms with van der Waals surface area (Å²) in [6, 6.07) is 7.45. The Morgan fingerprint density at radius 3 is 2.64 bits per heavy atom. The predicted molar refractivity (Wildman–Crippen MR) is 101 cm³/mol. The number of hydrogen-bond acceptors (Lipinski definition) is 1. The SMILES string of the molecule is O=C1C=C2C(=C[C@H]3C=C[C@@H]2C2=CC=CC=C[C@H]23)N1c1ccc(Cl)cc1. The number of amides is 1. The van der Waals surface area contributed by atoms with E-state index in [0.717, 1.165) is 17.0 Å². The van der Waals surface area contributed by atoms with Crippen LogP contribution in [-0.2, 0) is 4.79 Å². The zero-order valence-corrected chi connectivity index (χ0v) is 14.2. The van der Waals surface area contributed by atoms with Gasteiger partial charge >= 0.3 is 0 Å². The fourth-order valence-electron chi connectivity index (χ4n) is 4.19. The fourth-order valence-corrected chi connectivity index (χ4v) is 4.32. The largest absolute Gasteiger partial charge is 0.278 e. The van der Waals surface area contributed by atoms with Crippen LogP contribution in [0.5, 0.6) is 0 Å². The van der Waals surface area contributed by atoms with E-state index in [1.807, 2.05) is 29.2 Å². The van der Waals surface area contributed by atoms with E-state index in [-0.39, 0.29) is 17.7 Å². The number of allylic oxidation sites excluding steroid dienone is 10. The number of hydrogen-bond donors (Lipinski definition) is 0. The molecule has 0 N–H and O–H groups in total. The molecule has 0 saturated carbocycles. The van der Waals surface area contributed by atoms with Gasteiger partial charge < -0.3 is 0 Å².